The second-order valence-corrected chi connectivity index (χ2v) is 5.77. The molecule has 1 atom stereocenters. The molecule has 0 fully saturated rings. The van der Waals surface area contributed by atoms with Crippen molar-refractivity contribution in [1.29, 1.82) is 0 Å². The van der Waals surface area contributed by atoms with Gasteiger partial charge in [0.05, 0.1) is 17.2 Å². The van der Waals surface area contributed by atoms with Gasteiger partial charge in [0.25, 0.3) is 5.56 Å². The maximum Gasteiger partial charge on any atom is 0.261 e. The number of pyridine rings is 1. The van der Waals surface area contributed by atoms with E-state index in [9.17, 15) is 4.79 Å². The molecular weight excluding hydrogens is 274 g/mol. The van der Waals surface area contributed by atoms with Crippen molar-refractivity contribution in [2.45, 2.75) is 33.2 Å². The fourth-order valence-electron chi connectivity index (χ4n) is 2.72. The zero-order valence-electron chi connectivity index (χ0n) is 13.1. The molecule has 4 nitrogen and oxygen atoms in total. The maximum atomic E-state index is 12.7. The van der Waals surface area contributed by atoms with Gasteiger partial charge in [-0.1, -0.05) is 6.07 Å². The number of aryl methyl sites for hydroxylation is 2. The lowest BCUT2D eigenvalue weighted by Gasteiger charge is -2.16. The van der Waals surface area contributed by atoms with Gasteiger partial charge >= 0.3 is 0 Å². The quantitative estimate of drug-likeness (QED) is 0.745. The molecule has 0 bridgehead atoms. The molecule has 3 rings (SSSR count). The summed E-state index contributed by atoms with van der Waals surface area (Å²) < 4.78 is 1.72. The lowest BCUT2D eigenvalue weighted by atomic mass is 10.1. The van der Waals surface area contributed by atoms with Crippen molar-refractivity contribution >= 4 is 10.9 Å². The van der Waals surface area contributed by atoms with E-state index in [-0.39, 0.29) is 11.6 Å². The van der Waals surface area contributed by atoms with Crippen molar-refractivity contribution in [2.75, 3.05) is 0 Å². The van der Waals surface area contributed by atoms with Crippen LogP contribution in [0.5, 0.6) is 0 Å². The maximum absolute atomic E-state index is 12.7. The van der Waals surface area contributed by atoms with Crippen LogP contribution in [0.2, 0.25) is 0 Å². The van der Waals surface area contributed by atoms with E-state index in [0.717, 1.165) is 28.6 Å². The summed E-state index contributed by atoms with van der Waals surface area (Å²) in [5, 5.41) is 0.687. The molecular formula is C18H19N3O. The van der Waals surface area contributed by atoms with E-state index in [1.807, 2.05) is 45.0 Å². The zero-order chi connectivity index (χ0) is 15.7. The summed E-state index contributed by atoms with van der Waals surface area (Å²) in [6.07, 6.45) is 5.99. The Morgan fingerprint density at radius 1 is 1.14 bits per heavy atom. The Morgan fingerprint density at radius 2 is 1.86 bits per heavy atom. The number of aromatic nitrogens is 3. The van der Waals surface area contributed by atoms with Crippen LogP contribution in [0.3, 0.4) is 0 Å². The lowest BCUT2D eigenvalue weighted by Crippen LogP contribution is -2.25. The third-order valence-electron chi connectivity index (χ3n) is 4.23. The summed E-state index contributed by atoms with van der Waals surface area (Å²) in [6, 6.07) is 7.86. The van der Waals surface area contributed by atoms with E-state index in [4.69, 9.17) is 0 Å². The number of fused-ring (bicyclic) bond motifs is 1. The van der Waals surface area contributed by atoms with Crippen molar-refractivity contribution in [3.05, 3.63) is 70.0 Å². The minimum atomic E-state index is 0.0228. The molecule has 3 aromatic rings. The molecule has 1 aromatic carbocycles. The molecule has 0 aliphatic carbocycles. The Morgan fingerprint density at radius 3 is 2.59 bits per heavy atom. The number of benzene rings is 1. The molecule has 0 unspecified atom stereocenters. The van der Waals surface area contributed by atoms with Crippen LogP contribution in [-0.2, 0) is 6.42 Å². The Kier molecular flexibility index (Phi) is 3.75. The van der Waals surface area contributed by atoms with Crippen molar-refractivity contribution in [3.63, 3.8) is 0 Å². The van der Waals surface area contributed by atoms with Gasteiger partial charge in [-0.15, -0.1) is 0 Å². The van der Waals surface area contributed by atoms with Crippen molar-refractivity contribution < 1.29 is 0 Å². The number of nitrogens with zero attached hydrogens (tertiary/aromatic N) is 3. The van der Waals surface area contributed by atoms with Gasteiger partial charge in [0.15, 0.2) is 0 Å². The Hall–Kier alpha value is -2.49. The average molecular weight is 293 g/mol. The smallest absolute Gasteiger partial charge is 0.261 e. The number of hydrogen-bond donors (Lipinski definition) is 0. The molecule has 0 saturated heterocycles. The number of hydrogen-bond acceptors (Lipinski definition) is 3. The molecule has 0 amide bonds. The zero-order valence-corrected chi connectivity index (χ0v) is 13.1. The fraction of sp³-hybridized carbons (Fsp3) is 0.278. The molecule has 2 heterocycles. The van der Waals surface area contributed by atoms with E-state index >= 15 is 0 Å². The summed E-state index contributed by atoms with van der Waals surface area (Å²) in [7, 11) is 0. The van der Waals surface area contributed by atoms with Gasteiger partial charge in [0.2, 0.25) is 0 Å². The van der Waals surface area contributed by atoms with Gasteiger partial charge in [-0.3, -0.25) is 14.3 Å². The standard InChI is InChI=1S/C18H19N3O/c1-12-4-5-16-17(14(12)3)20-11-21(18(16)22)13(2)10-15-6-8-19-9-7-15/h4-9,11,13H,10H2,1-3H3/t13-/m0/s1. The van der Waals surface area contributed by atoms with Gasteiger partial charge in [-0.25, -0.2) is 4.98 Å². The Balaban J connectivity index is 2.03. The van der Waals surface area contributed by atoms with Crippen LogP contribution < -0.4 is 5.56 Å². The third-order valence-corrected chi connectivity index (χ3v) is 4.23. The Bertz CT molecular complexity index is 869. The van der Waals surface area contributed by atoms with Crippen LogP contribution >= 0.6 is 0 Å². The highest BCUT2D eigenvalue weighted by atomic mass is 16.1. The normalized spacial score (nSPS) is 12.5. The van der Waals surface area contributed by atoms with Crippen molar-refractivity contribution in [1.82, 2.24) is 14.5 Å². The molecule has 0 saturated carbocycles. The van der Waals surface area contributed by atoms with Crippen LogP contribution in [0, 0.1) is 13.8 Å². The largest absolute Gasteiger partial charge is 0.296 e. The summed E-state index contributed by atoms with van der Waals surface area (Å²) >= 11 is 0. The summed E-state index contributed by atoms with van der Waals surface area (Å²) in [6.45, 7) is 6.08. The highest BCUT2D eigenvalue weighted by molar-refractivity contribution is 5.81. The number of rotatable bonds is 3. The first kappa shape index (κ1) is 14.4. The molecule has 2 aromatic heterocycles. The van der Waals surface area contributed by atoms with E-state index in [1.165, 1.54) is 0 Å². The van der Waals surface area contributed by atoms with Crippen molar-refractivity contribution in [3.8, 4) is 0 Å². The summed E-state index contributed by atoms with van der Waals surface area (Å²) in [4.78, 5) is 21.3. The minimum Gasteiger partial charge on any atom is -0.296 e. The van der Waals surface area contributed by atoms with Gasteiger partial charge in [0.1, 0.15) is 0 Å². The van der Waals surface area contributed by atoms with Gasteiger partial charge < -0.3 is 0 Å². The Labute approximate surface area is 129 Å². The molecule has 0 aliphatic heterocycles. The molecule has 112 valence electrons. The average Bonchev–Trinajstić information content (AvgIpc) is 2.52. The first-order valence-electron chi connectivity index (χ1n) is 7.44. The van der Waals surface area contributed by atoms with Gasteiger partial charge in [-0.2, -0.15) is 0 Å². The van der Waals surface area contributed by atoms with Gasteiger partial charge in [0, 0.05) is 18.4 Å². The SMILES string of the molecule is Cc1ccc2c(=O)n([C@@H](C)Cc3ccncc3)cnc2c1C. The molecule has 0 radical (unpaired) electrons. The molecule has 0 N–H and O–H groups in total. The summed E-state index contributed by atoms with van der Waals surface area (Å²) in [5.74, 6) is 0. The molecule has 4 heteroatoms. The highest BCUT2D eigenvalue weighted by Gasteiger charge is 2.12. The van der Waals surface area contributed by atoms with E-state index < -0.39 is 0 Å². The first-order chi connectivity index (χ1) is 10.6. The lowest BCUT2D eigenvalue weighted by molar-refractivity contribution is 0.523. The monoisotopic (exact) mass is 293 g/mol. The minimum absolute atomic E-state index is 0.0228. The van der Waals surface area contributed by atoms with Gasteiger partial charge in [-0.05, 0) is 62.1 Å². The molecule has 0 aliphatic rings. The van der Waals surface area contributed by atoms with Crippen LogP contribution in [0.15, 0.2) is 47.8 Å². The second kappa shape index (κ2) is 5.72. The predicted molar refractivity (Wildman–Crippen MR) is 88.1 cm³/mol. The van der Waals surface area contributed by atoms with Crippen LogP contribution in [0.1, 0.15) is 29.7 Å². The van der Waals surface area contributed by atoms with Crippen LogP contribution in [0.25, 0.3) is 10.9 Å². The molecule has 22 heavy (non-hydrogen) atoms. The topological polar surface area (TPSA) is 47.8 Å². The summed E-state index contributed by atoms with van der Waals surface area (Å²) in [5.41, 5.74) is 4.21. The highest BCUT2D eigenvalue weighted by Crippen LogP contribution is 2.18. The predicted octanol–water partition coefficient (Wildman–Crippen LogP) is 3.21. The first-order valence-corrected chi connectivity index (χ1v) is 7.44. The van der Waals surface area contributed by atoms with E-state index in [0.29, 0.717) is 5.39 Å². The third kappa shape index (κ3) is 2.52. The molecule has 0 spiro atoms. The van der Waals surface area contributed by atoms with Crippen LogP contribution in [0.4, 0.5) is 0 Å². The van der Waals surface area contributed by atoms with E-state index in [2.05, 4.69) is 9.97 Å². The second-order valence-electron chi connectivity index (χ2n) is 5.77. The van der Waals surface area contributed by atoms with Crippen LogP contribution in [-0.4, -0.2) is 14.5 Å². The van der Waals surface area contributed by atoms with Crippen molar-refractivity contribution in [2.24, 2.45) is 0 Å². The van der Waals surface area contributed by atoms with E-state index in [1.54, 1.807) is 23.3 Å². The fourth-order valence-corrected chi connectivity index (χ4v) is 2.72.